The van der Waals surface area contributed by atoms with Gasteiger partial charge in [0.15, 0.2) is 0 Å². The summed E-state index contributed by atoms with van der Waals surface area (Å²) in [4.78, 5) is 57.6. The molecular formula is C36H34N4O8. The Hall–Kier alpha value is -5.90. The predicted octanol–water partition coefficient (Wildman–Crippen LogP) is 3.95. The lowest BCUT2D eigenvalue weighted by molar-refractivity contribution is -0.138. The zero-order valence-electron chi connectivity index (χ0n) is 26.5. The van der Waals surface area contributed by atoms with Crippen molar-refractivity contribution in [3.63, 3.8) is 0 Å². The van der Waals surface area contributed by atoms with Gasteiger partial charge in [0.2, 0.25) is 5.88 Å². The Labute approximate surface area is 277 Å². The highest BCUT2D eigenvalue weighted by Crippen LogP contribution is 2.19. The van der Waals surface area contributed by atoms with E-state index in [0.29, 0.717) is 23.4 Å². The molecule has 0 amide bonds. The molecule has 0 unspecified atom stereocenters. The van der Waals surface area contributed by atoms with Crippen LogP contribution in [0.2, 0.25) is 0 Å². The number of carboxylic acids is 2. The molecule has 0 saturated carbocycles. The molecule has 0 aliphatic heterocycles. The van der Waals surface area contributed by atoms with Crippen LogP contribution in [0, 0.1) is 25.7 Å². The van der Waals surface area contributed by atoms with Crippen LogP contribution in [0.5, 0.6) is 5.88 Å². The average molecular weight is 651 g/mol. The number of aryl methyl sites for hydroxylation is 2. The van der Waals surface area contributed by atoms with Crippen LogP contribution in [0.4, 0.5) is 0 Å². The highest BCUT2D eigenvalue weighted by atomic mass is 16.5. The van der Waals surface area contributed by atoms with Gasteiger partial charge in [-0.2, -0.15) is 0 Å². The van der Waals surface area contributed by atoms with E-state index in [4.69, 9.17) is 9.47 Å². The van der Waals surface area contributed by atoms with Gasteiger partial charge in [0.25, 0.3) is 12.9 Å². The zero-order valence-corrected chi connectivity index (χ0v) is 26.5. The SMILES string of the molecule is Cc1cc(CN(CC(=O)O)Cc2cc(C#Cc3ccccc3)cc(CN(COC=O)Cc3cc(C)cc(C(=O)O)n3)c2)nc(OC=O)c1. The molecule has 0 atom stereocenters. The Morgan fingerprint density at radius 1 is 0.750 bits per heavy atom. The maximum atomic E-state index is 11.9. The van der Waals surface area contributed by atoms with Crippen LogP contribution >= 0.6 is 0 Å². The number of hydrogen-bond donors (Lipinski definition) is 2. The number of hydrogen-bond acceptors (Lipinski definition) is 10. The Morgan fingerprint density at radius 2 is 1.38 bits per heavy atom. The fourth-order valence-electron chi connectivity index (χ4n) is 5.13. The second kappa shape index (κ2) is 17.1. The molecule has 0 aliphatic carbocycles. The third kappa shape index (κ3) is 11.2. The average Bonchev–Trinajstić information content (AvgIpc) is 3.02. The van der Waals surface area contributed by atoms with Gasteiger partial charge >= 0.3 is 11.9 Å². The van der Waals surface area contributed by atoms with Gasteiger partial charge in [0.1, 0.15) is 12.4 Å². The first-order valence-electron chi connectivity index (χ1n) is 14.8. The van der Waals surface area contributed by atoms with E-state index in [-0.39, 0.29) is 57.5 Å². The van der Waals surface area contributed by atoms with E-state index >= 15 is 0 Å². The highest BCUT2D eigenvalue weighted by molar-refractivity contribution is 5.85. The van der Waals surface area contributed by atoms with Gasteiger partial charge in [-0.25, -0.2) is 14.8 Å². The molecule has 2 N–H and O–H groups in total. The van der Waals surface area contributed by atoms with Crippen molar-refractivity contribution in [1.82, 2.24) is 19.8 Å². The summed E-state index contributed by atoms with van der Waals surface area (Å²) in [6, 6.07) is 21.8. The fourth-order valence-corrected chi connectivity index (χ4v) is 5.13. The molecule has 0 spiro atoms. The maximum absolute atomic E-state index is 11.9. The van der Waals surface area contributed by atoms with E-state index < -0.39 is 11.9 Å². The number of aromatic carboxylic acids is 1. The second-order valence-corrected chi connectivity index (χ2v) is 11.1. The summed E-state index contributed by atoms with van der Waals surface area (Å²) in [7, 11) is 0. The van der Waals surface area contributed by atoms with Crippen molar-refractivity contribution < 1.29 is 38.9 Å². The van der Waals surface area contributed by atoms with Gasteiger partial charge in [-0.15, -0.1) is 0 Å². The van der Waals surface area contributed by atoms with Crippen molar-refractivity contribution in [2.75, 3.05) is 13.3 Å². The molecule has 0 saturated heterocycles. The number of rotatable bonds is 16. The van der Waals surface area contributed by atoms with Crippen molar-refractivity contribution in [2.24, 2.45) is 0 Å². The van der Waals surface area contributed by atoms with Crippen LogP contribution in [-0.2, 0) is 45.3 Å². The Kier molecular flexibility index (Phi) is 12.5. The van der Waals surface area contributed by atoms with E-state index in [1.54, 1.807) is 34.9 Å². The van der Waals surface area contributed by atoms with E-state index in [2.05, 4.69) is 21.8 Å². The Balaban J connectivity index is 1.69. The minimum atomic E-state index is -1.15. The standard InChI is InChI=1S/C36H34N4O8/c1-25-10-31(37-33(12-25)36(45)46)20-40(22-47-23-41)18-30-15-28(9-8-27-6-4-3-5-7-27)14-29(16-30)17-39(21-35(43)44)19-32-11-26(2)13-34(38-32)48-24-42/h3-7,10-16,23-24H,17-22H2,1-2H3,(H,43,44)(H,45,46). The number of pyridine rings is 2. The summed E-state index contributed by atoms with van der Waals surface area (Å²) in [5, 5.41) is 19.2. The van der Waals surface area contributed by atoms with E-state index in [1.807, 2.05) is 55.5 Å². The van der Waals surface area contributed by atoms with Gasteiger partial charge in [-0.05, 0) is 78.6 Å². The summed E-state index contributed by atoms with van der Waals surface area (Å²) >= 11 is 0. The molecule has 0 radical (unpaired) electrons. The topological polar surface area (TPSA) is 159 Å². The van der Waals surface area contributed by atoms with Gasteiger partial charge in [0.05, 0.1) is 17.9 Å². The first kappa shape index (κ1) is 35.0. The highest BCUT2D eigenvalue weighted by Gasteiger charge is 2.17. The van der Waals surface area contributed by atoms with Gasteiger partial charge in [0, 0.05) is 43.4 Å². The van der Waals surface area contributed by atoms with Crippen LogP contribution < -0.4 is 4.74 Å². The predicted molar refractivity (Wildman–Crippen MR) is 173 cm³/mol. The summed E-state index contributed by atoms with van der Waals surface area (Å²) in [6.45, 7) is 4.65. The van der Waals surface area contributed by atoms with Gasteiger partial charge in [-0.3, -0.25) is 24.2 Å². The second-order valence-electron chi connectivity index (χ2n) is 11.1. The number of benzene rings is 2. The lowest BCUT2D eigenvalue weighted by Crippen LogP contribution is -2.29. The largest absolute Gasteiger partial charge is 0.480 e. The first-order chi connectivity index (χ1) is 23.1. The van der Waals surface area contributed by atoms with Crippen molar-refractivity contribution in [1.29, 1.82) is 0 Å². The molecule has 2 heterocycles. The van der Waals surface area contributed by atoms with Crippen molar-refractivity contribution in [2.45, 2.75) is 40.0 Å². The number of carboxylic acid groups (broad SMARTS) is 2. The minimum Gasteiger partial charge on any atom is -0.480 e. The van der Waals surface area contributed by atoms with Crippen LogP contribution in [-0.4, -0.2) is 68.1 Å². The Morgan fingerprint density at radius 3 is 2.02 bits per heavy atom. The molecule has 4 aromatic rings. The van der Waals surface area contributed by atoms with Crippen LogP contribution in [0.3, 0.4) is 0 Å². The normalized spacial score (nSPS) is 10.7. The first-order valence-corrected chi connectivity index (χ1v) is 14.8. The molecule has 0 fully saturated rings. The molecule has 246 valence electrons. The summed E-state index contributed by atoms with van der Waals surface area (Å²) < 4.78 is 10.0. The van der Waals surface area contributed by atoms with Crippen molar-refractivity contribution >= 4 is 24.9 Å². The van der Waals surface area contributed by atoms with E-state index in [9.17, 15) is 29.4 Å². The number of aliphatic carboxylic acids is 1. The van der Waals surface area contributed by atoms with Crippen LogP contribution in [0.1, 0.15) is 55.3 Å². The zero-order chi connectivity index (χ0) is 34.5. The van der Waals surface area contributed by atoms with Crippen LogP contribution in [0.15, 0.2) is 72.8 Å². The summed E-state index contributed by atoms with van der Waals surface area (Å²) in [6.07, 6.45) is 0. The Bertz CT molecular complexity index is 1840. The molecule has 2 aromatic heterocycles. The monoisotopic (exact) mass is 650 g/mol. The van der Waals surface area contributed by atoms with Gasteiger partial charge < -0.3 is 19.7 Å². The molecule has 2 aromatic carbocycles. The molecule has 12 nitrogen and oxygen atoms in total. The fraction of sp³-hybridized carbons (Fsp3) is 0.222. The maximum Gasteiger partial charge on any atom is 0.354 e. The molecule has 48 heavy (non-hydrogen) atoms. The minimum absolute atomic E-state index is 0.0896. The molecule has 0 aliphatic rings. The smallest absolute Gasteiger partial charge is 0.354 e. The number of ether oxygens (including phenoxy) is 2. The van der Waals surface area contributed by atoms with Crippen LogP contribution in [0.25, 0.3) is 0 Å². The van der Waals surface area contributed by atoms with E-state index in [1.165, 1.54) is 6.07 Å². The lowest BCUT2D eigenvalue weighted by atomic mass is 10.0. The molecular weight excluding hydrogens is 616 g/mol. The van der Waals surface area contributed by atoms with Gasteiger partial charge in [-0.1, -0.05) is 36.1 Å². The van der Waals surface area contributed by atoms with Crippen molar-refractivity contribution in [3.8, 4) is 17.7 Å². The number of carbonyl (C=O) groups is 4. The molecule has 4 rings (SSSR count). The quantitative estimate of drug-likeness (QED) is 0.102. The summed E-state index contributed by atoms with van der Waals surface area (Å²) in [5.41, 5.74) is 5.48. The third-order valence-electron chi connectivity index (χ3n) is 6.86. The van der Waals surface area contributed by atoms with E-state index in [0.717, 1.165) is 27.8 Å². The number of carbonyl (C=O) groups excluding carboxylic acids is 2. The van der Waals surface area contributed by atoms with Crippen molar-refractivity contribution in [3.05, 3.63) is 123 Å². The summed E-state index contributed by atoms with van der Waals surface area (Å²) in [5.74, 6) is 4.29. The molecule has 0 bridgehead atoms. The number of nitrogens with zero attached hydrogens (tertiary/aromatic N) is 4. The third-order valence-corrected chi connectivity index (χ3v) is 6.86. The lowest BCUT2D eigenvalue weighted by Gasteiger charge is -2.23. The number of aromatic nitrogens is 2. The molecule has 12 heteroatoms.